The molecule has 0 aliphatic heterocycles. The van der Waals surface area contributed by atoms with Crippen molar-refractivity contribution < 1.29 is 13.2 Å². The third-order valence-corrected chi connectivity index (χ3v) is 4.59. The summed E-state index contributed by atoms with van der Waals surface area (Å²) < 4.78 is 24.4. The Morgan fingerprint density at radius 3 is 2.63 bits per heavy atom. The summed E-state index contributed by atoms with van der Waals surface area (Å²) in [6.45, 7) is 0.895. The van der Waals surface area contributed by atoms with Gasteiger partial charge in [-0.2, -0.15) is 5.10 Å². The third-order valence-electron chi connectivity index (χ3n) is 3.68. The van der Waals surface area contributed by atoms with Crippen LogP contribution in [0.15, 0.2) is 66.1 Å². The molecule has 0 atom stereocenters. The van der Waals surface area contributed by atoms with Crippen LogP contribution in [0.4, 0.5) is 10.5 Å². The summed E-state index contributed by atoms with van der Waals surface area (Å²) >= 11 is 0. The van der Waals surface area contributed by atoms with Gasteiger partial charge in [-0.05, 0) is 29.3 Å². The second kappa shape index (κ2) is 7.98. The molecule has 0 saturated carbocycles. The van der Waals surface area contributed by atoms with Crippen LogP contribution in [0.25, 0.3) is 0 Å². The molecule has 2 amide bonds. The average Bonchev–Trinajstić information content (AvgIpc) is 3.13. The first-order valence-electron chi connectivity index (χ1n) is 7.98. The molecule has 0 fully saturated rings. The number of nitrogens with zero attached hydrogens (tertiary/aromatic N) is 3. The number of aromatic nitrogens is 3. The van der Waals surface area contributed by atoms with Crippen molar-refractivity contribution in [1.29, 1.82) is 0 Å². The van der Waals surface area contributed by atoms with Gasteiger partial charge in [-0.1, -0.05) is 30.3 Å². The standard InChI is InChI=1S/C17H18N6O3S/c18-27(25,26)16-6-2-5-15(8-16)22-17(24)20-9-13-3-1-4-14(7-13)10-23-12-19-11-21-23/h1-8,11-12H,9-10H2,(H2,18,25,26)(H2,20,22,24). The maximum absolute atomic E-state index is 12.1. The van der Waals surface area contributed by atoms with Crippen molar-refractivity contribution >= 4 is 21.7 Å². The van der Waals surface area contributed by atoms with Gasteiger partial charge in [-0.25, -0.2) is 28.0 Å². The maximum Gasteiger partial charge on any atom is 0.319 e. The molecule has 0 saturated heterocycles. The predicted octanol–water partition coefficient (Wildman–Crippen LogP) is 1.30. The van der Waals surface area contributed by atoms with Gasteiger partial charge in [0.15, 0.2) is 0 Å². The molecular formula is C17H18N6O3S. The highest BCUT2D eigenvalue weighted by Gasteiger charge is 2.09. The van der Waals surface area contributed by atoms with Crippen LogP contribution in [-0.4, -0.2) is 29.2 Å². The van der Waals surface area contributed by atoms with E-state index in [-0.39, 0.29) is 4.90 Å². The number of nitrogens with one attached hydrogen (secondary N) is 2. The molecule has 140 valence electrons. The number of sulfonamides is 1. The Morgan fingerprint density at radius 1 is 1.11 bits per heavy atom. The minimum atomic E-state index is -3.83. The summed E-state index contributed by atoms with van der Waals surface area (Å²) in [5.74, 6) is 0. The fourth-order valence-electron chi connectivity index (χ4n) is 2.45. The van der Waals surface area contributed by atoms with Crippen LogP contribution in [0.2, 0.25) is 0 Å². The molecule has 0 bridgehead atoms. The normalized spacial score (nSPS) is 11.1. The number of anilines is 1. The van der Waals surface area contributed by atoms with Gasteiger partial charge >= 0.3 is 6.03 Å². The SMILES string of the molecule is NS(=O)(=O)c1cccc(NC(=O)NCc2cccc(Cn3cncn3)c2)c1. The van der Waals surface area contributed by atoms with E-state index in [2.05, 4.69) is 20.7 Å². The summed E-state index contributed by atoms with van der Waals surface area (Å²) in [5, 5.41) is 14.5. The summed E-state index contributed by atoms with van der Waals surface area (Å²) in [6, 6.07) is 13.0. The fraction of sp³-hybridized carbons (Fsp3) is 0.118. The van der Waals surface area contributed by atoms with E-state index < -0.39 is 16.1 Å². The van der Waals surface area contributed by atoms with Crippen LogP contribution in [0, 0.1) is 0 Å². The zero-order valence-electron chi connectivity index (χ0n) is 14.2. The third kappa shape index (κ3) is 5.36. The minimum absolute atomic E-state index is 0.0684. The summed E-state index contributed by atoms with van der Waals surface area (Å²) in [5.41, 5.74) is 2.28. The molecule has 0 unspecified atom stereocenters. The molecule has 1 heterocycles. The number of urea groups is 1. The Balaban J connectivity index is 1.58. The maximum atomic E-state index is 12.1. The lowest BCUT2D eigenvalue weighted by atomic mass is 10.1. The number of carbonyl (C=O) groups excluding carboxylic acids is 1. The van der Waals surface area contributed by atoms with Crippen molar-refractivity contribution in [2.75, 3.05) is 5.32 Å². The highest BCUT2D eigenvalue weighted by Crippen LogP contribution is 2.14. The van der Waals surface area contributed by atoms with Crippen molar-refractivity contribution in [2.45, 2.75) is 18.0 Å². The second-order valence-electron chi connectivity index (χ2n) is 5.79. The number of carbonyl (C=O) groups is 1. The average molecular weight is 386 g/mol. The fourth-order valence-corrected chi connectivity index (χ4v) is 3.01. The zero-order chi connectivity index (χ0) is 19.3. The van der Waals surface area contributed by atoms with E-state index in [4.69, 9.17) is 5.14 Å². The van der Waals surface area contributed by atoms with Gasteiger partial charge in [0.25, 0.3) is 0 Å². The lowest BCUT2D eigenvalue weighted by Crippen LogP contribution is -2.28. The van der Waals surface area contributed by atoms with Crippen LogP contribution >= 0.6 is 0 Å². The van der Waals surface area contributed by atoms with Gasteiger partial charge in [0.05, 0.1) is 11.4 Å². The number of hydrogen-bond acceptors (Lipinski definition) is 5. The first-order chi connectivity index (χ1) is 12.9. The number of rotatable bonds is 6. The molecule has 0 radical (unpaired) electrons. The summed E-state index contributed by atoms with van der Waals surface area (Å²) in [7, 11) is -3.83. The Kier molecular flexibility index (Phi) is 5.48. The van der Waals surface area contributed by atoms with Crippen LogP contribution in [-0.2, 0) is 23.1 Å². The van der Waals surface area contributed by atoms with Crippen LogP contribution in [0.3, 0.4) is 0 Å². The molecule has 1 aromatic heterocycles. The number of nitrogens with two attached hydrogens (primary N) is 1. The van der Waals surface area contributed by atoms with Crippen molar-refractivity contribution in [2.24, 2.45) is 5.14 Å². The molecule has 3 aromatic rings. The molecule has 4 N–H and O–H groups in total. The van der Waals surface area contributed by atoms with Gasteiger partial charge in [0, 0.05) is 12.2 Å². The van der Waals surface area contributed by atoms with Gasteiger partial charge < -0.3 is 10.6 Å². The zero-order valence-corrected chi connectivity index (χ0v) is 15.1. The molecule has 0 aliphatic carbocycles. The summed E-state index contributed by atoms with van der Waals surface area (Å²) in [4.78, 5) is 15.9. The molecule has 9 nitrogen and oxygen atoms in total. The first-order valence-corrected chi connectivity index (χ1v) is 9.53. The quantitative estimate of drug-likeness (QED) is 0.587. The van der Waals surface area contributed by atoms with E-state index in [1.54, 1.807) is 17.1 Å². The second-order valence-corrected chi connectivity index (χ2v) is 7.35. The van der Waals surface area contributed by atoms with Crippen LogP contribution < -0.4 is 15.8 Å². The molecule has 27 heavy (non-hydrogen) atoms. The van der Waals surface area contributed by atoms with Crippen molar-refractivity contribution in [3.05, 3.63) is 72.3 Å². The molecule has 3 rings (SSSR count). The number of primary sulfonamides is 1. The Labute approximate surface area is 156 Å². The monoisotopic (exact) mass is 386 g/mol. The van der Waals surface area contributed by atoms with E-state index in [9.17, 15) is 13.2 Å². The van der Waals surface area contributed by atoms with Crippen molar-refractivity contribution in [1.82, 2.24) is 20.1 Å². The largest absolute Gasteiger partial charge is 0.334 e. The van der Waals surface area contributed by atoms with Gasteiger partial charge in [-0.15, -0.1) is 0 Å². The van der Waals surface area contributed by atoms with E-state index in [1.165, 1.54) is 24.5 Å². The van der Waals surface area contributed by atoms with E-state index >= 15 is 0 Å². The Morgan fingerprint density at radius 2 is 1.89 bits per heavy atom. The van der Waals surface area contributed by atoms with Gasteiger partial charge in [0.2, 0.25) is 10.0 Å². The Bertz CT molecular complexity index is 1030. The van der Waals surface area contributed by atoms with E-state index in [0.717, 1.165) is 11.1 Å². The topological polar surface area (TPSA) is 132 Å². The van der Waals surface area contributed by atoms with Crippen molar-refractivity contribution in [3.63, 3.8) is 0 Å². The van der Waals surface area contributed by atoms with Crippen LogP contribution in [0.5, 0.6) is 0 Å². The van der Waals surface area contributed by atoms with E-state index in [1.807, 2.05) is 24.3 Å². The van der Waals surface area contributed by atoms with Gasteiger partial charge in [0.1, 0.15) is 12.7 Å². The summed E-state index contributed by atoms with van der Waals surface area (Å²) in [6.07, 6.45) is 3.11. The molecule has 0 spiro atoms. The Hall–Kier alpha value is -3.24. The number of amides is 2. The molecular weight excluding hydrogens is 368 g/mol. The smallest absolute Gasteiger partial charge is 0.319 e. The molecule has 2 aromatic carbocycles. The van der Waals surface area contributed by atoms with Gasteiger partial charge in [-0.3, -0.25) is 0 Å². The lowest BCUT2D eigenvalue weighted by molar-refractivity contribution is 0.251. The molecule has 0 aliphatic rings. The number of benzene rings is 2. The minimum Gasteiger partial charge on any atom is -0.334 e. The lowest BCUT2D eigenvalue weighted by Gasteiger charge is -2.10. The molecule has 10 heteroatoms. The highest BCUT2D eigenvalue weighted by atomic mass is 32.2. The van der Waals surface area contributed by atoms with Crippen LogP contribution in [0.1, 0.15) is 11.1 Å². The highest BCUT2D eigenvalue weighted by molar-refractivity contribution is 7.89. The van der Waals surface area contributed by atoms with E-state index in [0.29, 0.717) is 18.8 Å². The predicted molar refractivity (Wildman–Crippen MR) is 99.2 cm³/mol. The first kappa shape index (κ1) is 18.5. The van der Waals surface area contributed by atoms with Crippen molar-refractivity contribution in [3.8, 4) is 0 Å². The number of hydrogen-bond donors (Lipinski definition) is 3.